The zero-order valence-corrected chi connectivity index (χ0v) is 52.0. The summed E-state index contributed by atoms with van der Waals surface area (Å²) in [5, 5.41) is 0. The molecule has 0 radical (unpaired) electrons. The number of ether oxygens (including phenoxy) is 3. The lowest BCUT2D eigenvalue weighted by Gasteiger charge is -2.18. The molecule has 0 amide bonds. The number of hydrogen-bond donors (Lipinski definition) is 0. The molecule has 0 aromatic rings. The van der Waals surface area contributed by atoms with E-state index in [4.69, 9.17) is 14.2 Å². The molecular weight excluding hydrogens is 997 g/mol. The van der Waals surface area contributed by atoms with Crippen molar-refractivity contribution >= 4 is 17.9 Å². The molecular formula is C75H118O6. The quantitative estimate of drug-likeness (QED) is 0.0261. The van der Waals surface area contributed by atoms with E-state index in [2.05, 4.69) is 191 Å². The van der Waals surface area contributed by atoms with Gasteiger partial charge in [-0.2, -0.15) is 0 Å². The lowest BCUT2D eigenvalue weighted by molar-refractivity contribution is -0.167. The van der Waals surface area contributed by atoms with Crippen LogP contribution in [0.15, 0.2) is 170 Å². The van der Waals surface area contributed by atoms with Gasteiger partial charge in [0.2, 0.25) is 0 Å². The van der Waals surface area contributed by atoms with Crippen LogP contribution in [0.4, 0.5) is 0 Å². The van der Waals surface area contributed by atoms with Crippen LogP contribution in [0.1, 0.15) is 265 Å². The first-order chi connectivity index (χ1) is 40.0. The summed E-state index contributed by atoms with van der Waals surface area (Å²) in [5.74, 6) is -1.02. The van der Waals surface area contributed by atoms with E-state index < -0.39 is 6.10 Å². The monoisotopic (exact) mass is 1110 g/mol. The van der Waals surface area contributed by atoms with Gasteiger partial charge in [-0.3, -0.25) is 14.4 Å². The van der Waals surface area contributed by atoms with E-state index in [1.165, 1.54) is 83.5 Å². The summed E-state index contributed by atoms with van der Waals surface area (Å²) in [6.07, 6.45) is 99.4. The second kappa shape index (κ2) is 67.3. The van der Waals surface area contributed by atoms with E-state index in [0.29, 0.717) is 19.3 Å². The normalized spacial score (nSPS) is 13.3. The number of carbonyl (C=O) groups is 3. The molecule has 81 heavy (non-hydrogen) atoms. The van der Waals surface area contributed by atoms with E-state index >= 15 is 0 Å². The maximum Gasteiger partial charge on any atom is 0.306 e. The second-order valence-electron chi connectivity index (χ2n) is 20.9. The number of rotatable bonds is 57. The molecule has 6 nitrogen and oxygen atoms in total. The van der Waals surface area contributed by atoms with Crippen molar-refractivity contribution in [3.05, 3.63) is 170 Å². The molecule has 0 N–H and O–H groups in total. The van der Waals surface area contributed by atoms with E-state index in [1.807, 2.05) is 0 Å². The average molecular weight is 1120 g/mol. The SMILES string of the molecule is CC/C=C\C/C=C\C/C=C\C/C=C\C/C=C\C/C=C\C/C=C\C/C=C\C/C=C\CCCC(=O)OCC(COC(=O)CCCCC/C=C\C/C=C\C/C=C\CC)OC(=O)CCCCCCCCCCC/C=C\C/C=C\CCCCCCC. The Morgan fingerprint density at radius 2 is 0.494 bits per heavy atom. The van der Waals surface area contributed by atoms with Crippen LogP contribution in [0, 0.1) is 0 Å². The first-order valence-electron chi connectivity index (χ1n) is 32.6. The molecule has 0 aromatic carbocycles. The summed E-state index contributed by atoms with van der Waals surface area (Å²) in [6, 6.07) is 0. The van der Waals surface area contributed by atoms with E-state index in [0.717, 1.165) is 135 Å². The molecule has 6 heteroatoms. The number of hydrogen-bond acceptors (Lipinski definition) is 6. The van der Waals surface area contributed by atoms with Gasteiger partial charge in [0.1, 0.15) is 13.2 Å². The summed E-state index contributed by atoms with van der Waals surface area (Å²) in [7, 11) is 0. The van der Waals surface area contributed by atoms with Gasteiger partial charge < -0.3 is 14.2 Å². The summed E-state index contributed by atoms with van der Waals surface area (Å²) in [5.41, 5.74) is 0. The third-order valence-corrected chi connectivity index (χ3v) is 13.2. The molecule has 0 aromatic heterocycles. The fourth-order valence-electron chi connectivity index (χ4n) is 8.37. The Morgan fingerprint density at radius 1 is 0.259 bits per heavy atom. The highest BCUT2D eigenvalue weighted by molar-refractivity contribution is 5.71. The van der Waals surface area contributed by atoms with Gasteiger partial charge in [-0.1, -0.05) is 268 Å². The van der Waals surface area contributed by atoms with Gasteiger partial charge in [-0.15, -0.1) is 0 Å². The van der Waals surface area contributed by atoms with Crippen LogP contribution < -0.4 is 0 Å². The summed E-state index contributed by atoms with van der Waals surface area (Å²) in [6.45, 7) is 6.32. The Kier molecular flexibility index (Phi) is 62.9. The van der Waals surface area contributed by atoms with Gasteiger partial charge in [0.15, 0.2) is 6.10 Å². The fourth-order valence-corrected chi connectivity index (χ4v) is 8.37. The fraction of sp³-hybridized carbons (Fsp3) is 0.587. The van der Waals surface area contributed by atoms with Crippen molar-refractivity contribution in [1.82, 2.24) is 0 Å². The topological polar surface area (TPSA) is 78.9 Å². The highest BCUT2D eigenvalue weighted by Crippen LogP contribution is 2.14. The first kappa shape index (κ1) is 75.8. The Bertz CT molecular complexity index is 1860. The van der Waals surface area contributed by atoms with E-state index in [-0.39, 0.29) is 37.5 Å². The molecule has 0 aliphatic rings. The summed E-state index contributed by atoms with van der Waals surface area (Å²) in [4.78, 5) is 38.3. The van der Waals surface area contributed by atoms with Crippen molar-refractivity contribution in [1.29, 1.82) is 0 Å². The molecule has 0 saturated carbocycles. The largest absolute Gasteiger partial charge is 0.462 e. The number of allylic oxidation sites excluding steroid dienone is 28. The Hall–Kier alpha value is -5.23. The van der Waals surface area contributed by atoms with E-state index in [1.54, 1.807) is 0 Å². The number of esters is 3. The lowest BCUT2D eigenvalue weighted by atomic mass is 10.1. The predicted molar refractivity (Wildman–Crippen MR) is 352 cm³/mol. The third-order valence-electron chi connectivity index (χ3n) is 13.2. The average Bonchev–Trinajstić information content (AvgIpc) is 3.46. The molecule has 0 bridgehead atoms. The van der Waals surface area contributed by atoms with E-state index in [9.17, 15) is 14.4 Å². The number of carbonyl (C=O) groups excluding carboxylic acids is 3. The van der Waals surface area contributed by atoms with Gasteiger partial charge in [0, 0.05) is 19.3 Å². The first-order valence-corrected chi connectivity index (χ1v) is 32.6. The van der Waals surface area contributed by atoms with Crippen molar-refractivity contribution in [3.63, 3.8) is 0 Å². The molecule has 0 heterocycles. The maximum absolute atomic E-state index is 12.9. The molecule has 0 aliphatic heterocycles. The van der Waals surface area contributed by atoms with Crippen molar-refractivity contribution in [2.24, 2.45) is 0 Å². The third kappa shape index (κ3) is 65.5. The van der Waals surface area contributed by atoms with Crippen molar-refractivity contribution < 1.29 is 28.6 Å². The van der Waals surface area contributed by atoms with Crippen LogP contribution >= 0.6 is 0 Å². The van der Waals surface area contributed by atoms with Crippen molar-refractivity contribution in [2.75, 3.05) is 13.2 Å². The smallest absolute Gasteiger partial charge is 0.306 e. The highest BCUT2D eigenvalue weighted by atomic mass is 16.6. The molecule has 1 atom stereocenters. The second-order valence-corrected chi connectivity index (χ2v) is 20.9. The number of unbranched alkanes of at least 4 members (excludes halogenated alkanes) is 18. The molecule has 0 rings (SSSR count). The molecule has 1 unspecified atom stereocenters. The van der Waals surface area contributed by atoms with Crippen LogP contribution in [0.3, 0.4) is 0 Å². The van der Waals surface area contributed by atoms with Gasteiger partial charge in [0.05, 0.1) is 0 Å². The minimum Gasteiger partial charge on any atom is -0.462 e. The zero-order chi connectivity index (χ0) is 58.5. The molecule has 0 aliphatic carbocycles. The Labute approximate surface area is 498 Å². The highest BCUT2D eigenvalue weighted by Gasteiger charge is 2.19. The minimum absolute atomic E-state index is 0.120. The van der Waals surface area contributed by atoms with Crippen LogP contribution in [-0.2, 0) is 28.6 Å². The predicted octanol–water partition coefficient (Wildman–Crippen LogP) is 22.7. The maximum atomic E-state index is 12.9. The van der Waals surface area contributed by atoms with Gasteiger partial charge in [0.25, 0.3) is 0 Å². The standard InChI is InChI=1S/C75H118O6/c1-4-7-10-13-16-19-22-25-27-29-31-33-34-35-36-37-38-39-40-42-43-45-47-50-53-56-59-62-65-68-74(77)80-71-72(70-79-73(76)67-64-61-58-55-52-49-24-21-18-15-12-9-6-3)81-75(78)69-66-63-60-57-54-51-48-46-44-41-32-30-28-26-23-20-17-14-11-8-5-2/h7,9-10,12,16,18-19,21,23,25-27,30-33,35-36,38-39,42-43,47,49-50,52,56,59,72H,4-6,8,11,13-15,17,20,22,24,28-29,34,37,40-41,44-46,48,51,53-55,57-58,60-71H2,1-3H3/b10-7-,12-9-,19-16-,21-18-,26-23-,27-25-,32-30-,33-31-,36-35-,39-38-,43-42-,50-47-,52-49-,59-56-. The zero-order valence-electron chi connectivity index (χ0n) is 52.0. The van der Waals surface area contributed by atoms with Gasteiger partial charge in [-0.25, -0.2) is 0 Å². The molecule has 0 saturated heterocycles. The van der Waals surface area contributed by atoms with Gasteiger partial charge >= 0.3 is 17.9 Å². The van der Waals surface area contributed by atoms with Crippen LogP contribution in [-0.4, -0.2) is 37.2 Å². The Balaban J connectivity index is 4.48. The van der Waals surface area contributed by atoms with Crippen LogP contribution in [0.25, 0.3) is 0 Å². The summed E-state index contributed by atoms with van der Waals surface area (Å²) < 4.78 is 16.8. The molecule has 454 valence electrons. The molecule has 0 spiro atoms. The minimum atomic E-state index is -0.826. The molecule has 0 fully saturated rings. The van der Waals surface area contributed by atoms with Crippen LogP contribution in [0.5, 0.6) is 0 Å². The van der Waals surface area contributed by atoms with Crippen molar-refractivity contribution in [2.45, 2.75) is 271 Å². The summed E-state index contributed by atoms with van der Waals surface area (Å²) >= 11 is 0. The van der Waals surface area contributed by atoms with Crippen LogP contribution in [0.2, 0.25) is 0 Å². The van der Waals surface area contributed by atoms with Crippen molar-refractivity contribution in [3.8, 4) is 0 Å². The Morgan fingerprint density at radius 3 is 0.815 bits per heavy atom. The van der Waals surface area contributed by atoms with Gasteiger partial charge in [-0.05, 0) is 148 Å². The lowest BCUT2D eigenvalue weighted by Crippen LogP contribution is -2.30.